The molecular weight excluding hydrogens is 188 g/mol. The van der Waals surface area contributed by atoms with E-state index in [9.17, 15) is 4.79 Å². The van der Waals surface area contributed by atoms with Crippen molar-refractivity contribution in [1.29, 1.82) is 0 Å². The molecule has 0 unspecified atom stereocenters. The van der Waals surface area contributed by atoms with E-state index in [1.807, 2.05) is 38.1 Å². The van der Waals surface area contributed by atoms with Gasteiger partial charge in [0, 0.05) is 11.8 Å². The van der Waals surface area contributed by atoms with Gasteiger partial charge in [0.1, 0.15) is 5.58 Å². The molecule has 1 aromatic heterocycles. The van der Waals surface area contributed by atoms with Gasteiger partial charge in [-0.1, -0.05) is 19.1 Å². The topological polar surface area (TPSA) is 30.2 Å². The lowest BCUT2D eigenvalue weighted by Crippen LogP contribution is -1.94. The molecule has 15 heavy (non-hydrogen) atoms. The van der Waals surface area contributed by atoms with Crippen LogP contribution in [0.15, 0.2) is 28.7 Å². The van der Waals surface area contributed by atoms with Crippen LogP contribution in [-0.2, 0) is 0 Å². The molecule has 1 aromatic carbocycles. The molecule has 78 valence electrons. The second-order valence-corrected chi connectivity index (χ2v) is 3.83. The first-order valence-corrected chi connectivity index (χ1v) is 5.24. The molecule has 0 aliphatic carbocycles. The largest absolute Gasteiger partial charge is 0.453 e. The van der Waals surface area contributed by atoms with Crippen LogP contribution in [0.25, 0.3) is 11.0 Å². The summed E-state index contributed by atoms with van der Waals surface area (Å²) >= 11 is 0. The van der Waals surface area contributed by atoms with Gasteiger partial charge in [-0.15, -0.1) is 0 Å². The van der Waals surface area contributed by atoms with Gasteiger partial charge in [-0.25, -0.2) is 0 Å². The number of furan rings is 1. The number of carbonyl (C=O) groups excluding carboxylic acids is 1. The Bertz CT molecular complexity index is 494. The summed E-state index contributed by atoms with van der Waals surface area (Å²) in [6.07, 6.45) is 1.41. The van der Waals surface area contributed by atoms with Gasteiger partial charge >= 0.3 is 0 Å². The lowest BCUT2D eigenvalue weighted by molar-refractivity contribution is 0.0957. The summed E-state index contributed by atoms with van der Waals surface area (Å²) in [6.45, 7) is 4.00. The van der Waals surface area contributed by atoms with Crippen LogP contribution in [0, 0.1) is 6.92 Å². The molecule has 0 aliphatic rings. The zero-order chi connectivity index (χ0) is 10.8. The first kappa shape index (κ1) is 9.97. The molecule has 0 amide bonds. The fourth-order valence-electron chi connectivity index (χ4n) is 1.63. The number of ketones is 1. The van der Waals surface area contributed by atoms with Crippen LogP contribution in [-0.4, -0.2) is 5.78 Å². The maximum Gasteiger partial charge on any atom is 0.198 e. The minimum Gasteiger partial charge on any atom is -0.453 e. The van der Waals surface area contributed by atoms with Gasteiger partial charge in [0.25, 0.3) is 0 Å². The Morgan fingerprint density at radius 1 is 1.33 bits per heavy atom. The molecule has 0 bridgehead atoms. The molecule has 0 saturated heterocycles. The van der Waals surface area contributed by atoms with Gasteiger partial charge in [0.05, 0.1) is 0 Å². The SMILES string of the molecule is CCCC(=O)c1cc2ccc(C)cc2o1. The molecule has 0 aliphatic heterocycles. The minimum absolute atomic E-state index is 0.0892. The van der Waals surface area contributed by atoms with E-state index in [-0.39, 0.29) is 5.78 Å². The van der Waals surface area contributed by atoms with Crippen LogP contribution >= 0.6 is 0 Å². The highest BCUT2D eigenvalue weighted by molar-refractivity contribution is 5.97. The van der Waals surface area contributed by atoms with Crippen molar-refractivity contribution in [2.75, 3.05) is 0 Å². The molecule has 0 saturated carbocycles. The maximum absolute atomic E-state index is 11.6. The number of aryl methyl sites for hydroxylation is 1. The molecular formula is C13H14O2. The number of Topliss-reactive ketones (excluding diaryl/α,β-unsaturated/α-hetero) is 1. The van der Waals surface area contributed by atoms with E-state index in [1.54, 1.807) is 0 Å². The van der Waals surface area contributed by atoms with E-state index in [0.29, 0.717) is 12.2 Å². The second kappa shape index (κ2) is 3.89. The Kier molecular flexibility index (Phi) is 2.58. The summed E-state index contributed by atoms with van der Waals surface area (Å²) < 4.78 is 5.51. The Balaban J connectivity index is 2.42. The summed E-state index contributed by atoms with van der Waals surface area (Å²) in [5.41, 5.74) is 1.95. The first-order chi connectivity index (χ1) is 7.20. The van der Waals surface area contributed by atoms with E-state index in [1.165, 1.54) is 0 Å². The lowest BCUT2D eigenvalue weighted by atomic mass is 10.1. The van der Waals surface area contributed by atoms with Gasteiger partial charge in [-0.05, 0) is 31.0 Å². The zero-order valence-electron chi connectivity index (χ0n) is 9.04. The van der Waals surface area contributed by atoms with Crippen LogP contribution in [0.5, 0.6) is 0 Å². The number of hydrogen-bond donors (Lipinski definition) is 0. The monoisotopic (exact) mass is 202 g/mol. The van der Waals surface area contributed by atoms with Crippen molar-refractivity contribution in [2.45, 2.75) is 26.7 Å². The van der Waals surface area contributed by atoms with Crippen LogP contribution < -0.4 is 0 Å². The summed E-state index contributed by atoms with van der Waals surface area (Å²) in [6, 6.07) is 7.79. The van der Waals surface area contributed by atoms with Crippen molar-refractivity contribution in [3.63, 3.8) is 0 Å². The van der Waals surface area contributed by atoms with Gasteiger partial charge in [0.2, 0.25) is 0 Å². The van der Waals surface area contributed by atoms with Crippen LogP contribution in [0.4, 0.5) is 0 Å². The van der Waals surface area contributed by atoms with E-state index >= 15 is 0 Å². The molecule has 2 aromatic rings. The smallest absolute Gasteiger partial charge is 0.198 e. The third-order valence-electron chi connectivity index (χ3n) is 2.43. The average Bonchev–Trinajstić information content (AvgIpc) is 2.60. The summed E-state index contributed by atoms with van der Waals surface area (Å²) in [4.78, 5) is 11.6. The van der Waals surface area contributed by atoms with E-state index in [2.05, 4.69) is 0 Å². The standard InChI is InChI=1S/C13H14O2/c1-3-4-11(14)13-8-10-6-5-9(2)7-12(10)15-13/h5-8H,3-4H2,1-2H3. The lowest BCUT2D eigenvalue weighted by Gasteiger charge is -1.91. The minimum atomic E-state index is 0.0892. The molecule has 2 rings (SSSR count). The maximum atomic E-state index is 11.6. The average molecular weight is 202 g/mol. The van der Waals surface area contributed by atoms with Crippen molar-refractivity contribution in [3.05, 3.63) is 35.6 Å². The van der Waals surface area contributed by atoms with Crippen LogP contribution in [0.2, 0.25) is 0 Å². The molecule has 0 radical (unpaired) electrons. The fraction of sp³-hybridized carbons (Fsp3) is 0.308. The van der Waals surface area contributed by atoms with Crippen molar-refractivity contribution >= 4 is 16.8 Å². The molecule has 0 fully saturated rings. The number of hydrogen-bond acceptors (Lipinski definition) is 2. The summed E-state index contributed by atoms with van der Waals surface area (Å²) in [5.74, 6) is 0.573. The van der Waals surface area contributed by atoms with Gasteiger partial charge in [-0.3, -0.25) is 4.79 Å². The predicted octanol–water partition coefficient (Wildman–Crippen LogP) is 3.72. The molecule has 1 heterocycles. The normalized spacial score (nSPS) is 10.8. The molecule has 2 heteroatoms. The Morgan fingerprint density at radius 3 is 2.87 bits per heavy atom. The van der Waals surface area contributed by atoms with Crippen LogP contribution in [0.1, 0.15) is 35.9 Å². The molecule has 0 spiro atoms. The summed E-state index contributed by atoms with van der Waals surface area (Å²) in [5, 5.41) is 1.00. The highest BCUT2D eigenvalue weighted by Gasteiger charge is 2.10. The van der Waals surface area contributed by atoms with Gasteiger partial charge < -0.3 is 4.42 Å². The molecule has 0 N–H and O–H groups in total. The van der Waals surface area contributed by atoms with Gasteiger partial charge in [-0.2, -0.15) is 0 Å². The van der Waals surface area contributed by atoms with Gasteiger partial charge in [0.15, 0.2) is 11.5 Å². The molecule has 2 nitrogen and oxygen atoms in total. The van der Waals surface area contributed by atoms with Crippen LogP contribution in [0.3, 0.4) is 0 Å². The highest BCUT2D eigenvalue weighted by Crippen LogP contribution is 2.21. The second-order valence-electron chi connectivity index (χ2n) is 3.83. The quantitative estimate of drug-likeness (QED) is 0.710. The zero-order valence-corrected chi connectivity index (χ0v) is 9.04. The van der Waals surface area contributed by atoms with E-state index in [4.69, 9.17) is 4.42 Å². The van der Waals surface area contributed by atoms with E-state index in [0.717, 1.165) is 23.0 Å². The fourth-order valence-corrected chi connectivity index (χ4v) is 1.63. The Morgan fingerprint density at radius 2 is 2.13 bits per heavy atom. The van der Waals surface area contributed by atoms with Crippen molar-refractivity contribution < 1.29 is 9.21 Å². The van der Waals surface area contributed by atoms with Crippen molar-refractivity contribution in [1.82, 2.24) is 0 Å². The Hall–Kier alpha value is -1.57. The van der Waals surface area contributed by atoms with E-state index < -0.39 is 0 Å². The van der Waals surface area contributed by atoms with Crippen molar-refractivity contribution in [3.8, 4) is 0 Å². The number of benzene rings is 1. The van der Waals surface area contributed by atoms with Crippen molar-refractivity contribution in [2.24, 2.45) is 0 Å². The first-order valence-electron chi connectivity index (χ1n) is 5.24. The third kappa shape index (κ3) is 1.94. The number of rotatable bonds is 3. The Labute approximate surface area is 88.9 Å². The summed E-state index contributed by atoms with van der Waals surface area (Å²) in [7, 11) is 0. The number of carbonyl (C=O) groups is 1. The number of fused-ring (bicyclic) bond motifs is 1. The highest BCUT2D eigenvalue weighted by atomic mass is 16.3. The third-order valence-corrected chi connectivity index (χ3v) is 2.43. The predicted molar refractivity (Wildman–Crippen MR) is 60.2 cm³/mol. The molecule has 0 atom stereocenters.